The van der Waals surface area contributed by atoms with Gasteiger partial charge in [0, 0.05) is 16.5 Å². The van der Waals surface area contributed by atoms with Crippen molar-refractivity contribution in [3.8, 4) is 11.8 Å². The van der Waals surface area contributed by atoms with Gasteiger partial charge in [0.05, 0.1) is 0 Å². The van der Waals surface area contributed by atoms with E-state index in [4.69, 9.17) is 0 Å². The second-order valence-electron chi connectivity index (χ2n) is 4.27. The summed E-state index contributed by atoms with van der Waals surface area (Å²) in [5.41, 5.74) is 0.649. The summed E-state index contributed by atoms with van der Waals surface area (Å²) >= 11 is 3.36. The average molecular weight is 307 g/mol. The molecule has 0 heterocycles. The van der Waals surface area contributed by atoms with Gasteiger partial charge in [-0.15, -0.1) is 0 Å². The van der Waals surface area contributed by atoms with Crippen molar-refractivity contribution in [3.63, 3.8) is 0 Å². The van der Waals surface area contributed by atoms with Crippen LogP contribution in [-0.4, -0.2) is 5.78 Å². The maximum Gasteiger partial charge on any atom is 0.237 e. The molecular formula is C16H19BrO. The van der Waals surface area contributed by atoms with Crippen LogP contribution in [0, 0.1) is 11.8 Å². The van der Waals surface area contributed by atoms with E-state index >= 15 is 0 Å². The summed E-state index contributed by atoms with van der Waals surface area (Å²) in [6.07, 6.45) is 6.95. The molecule has 1 rings (SSSR count). The Labute approximate surface area is 118 Å². The highest BCUT2D eigenvalue weighted by molar-refractivity contribution is 9.10. The zero-order chi connectivity index (χ0) is 13.2. The lowest BCUT2D eigenvalue weighted by Crippen LogP contribution is -1.95. The number of ketones is 1. The van der Waals surface area contributed by atoms with Crippen molar-refractivity contribution in [1.29, 1.82) is 0 Å². The van der Waals surface area contributed by atoms with Crippen molar-refractivity contribution >= 4 is 21.7 Å². The molecule has 0 amide bonds. The highest BCUT2D eigenvalue weighted by Gasteiger charge is 2.05. The number of hydrogen-bond acceptors (Lipinski definition) is 1. The van der Waals surface area contributed by atoms with Gasteiger partial charge in [-0.25, -0.2) is 0 Å². The van der Waals surface area contributed by atoms with E-state index in [1.807, 2.05) is 18.2 Å². The van der Waals surface area contributed by atoms with E-state index in [0.717, 1.165) is 17.3 Å². The fraction of sp³-hybridized carbons (Fsp3) is 0.438. The number of hydrogen-bond donors (Lipinski definition) is 0. The van der Waals surface area contributed by atoms with Gasteiger partial charge in [0.15, 0.2) is 0 Å². The van der Waals surface area contributed by atoms with Crippen LogP contribution < -0.4 is 0 Å². The van der Waals surface area contributed by atoms with Gasteiger partial charge in [0.2, 0.25) is 5.78 Å². The van der Waals surface area contributed by atoms with Gasteiger partial charge >= 0.3 is 0 Å². The highest BCUT2D eigenvalue weighted by Crippen LogP contribution is 2.15. The van der Waals surface area contributed by atoms with Gasteiger partial charge in [-0.1, -0.05) is 66.6 Å². The third-order valence-corrected chi connectivity index (χ3v) is 3.42. The van der Waals surface area contributed by atoms with Crippen molar-refractivity contribution in [1.82, 2.24) is 0 Å². The second kappa shape index (κ2) is 8.94. The van der Waals surface area contributed by atoms with Gasteiger partial charge < -0.3 is 0 Å². The summed E-state index contributed by atoms with van der Waals surface area (Å²) in [5, 5.41) is 0. The van der Waals surface area contributed by atoms with Crippen molar-refractivity contribution in [3.05, 3.63) is 34.3 Å². The Balaban J connectivity index is 2.35. The van der Waals surface area contributed by atoms with E-state index < -0.39 is 0 Å². The van der Waals surface area contributed by atoms with Crippen molar-refractivity contribution in [2.24, 2.45) is 0 Å². The number of Topliss-reactive ketones (excluding diaryl/α,β-unsaturated/α-hetero) is 1. The minimum atomic E-state index is -0.101. The molecular weight excluding hydrogens is 288 g/mol. The van der Waals surface area contributed by atoms with Crippen LogP contribution in [0.3, 0.4) is 0 Å². The lowest BCUT2D eigenvalue weighted by molar-refractivity contribution is 0.105. The van der Waals surface area contributed by atoms with E-state index in [1.54, 1.807) is 6.07 Å². The molecule has 0 aliphatic carbocycles. The zero-order valence-electron chi connectivity index (χ0n) is 10.8. The minimum absolute atomic E-state index is 0.101. The predicted octanol–water partition coefficient (Wildman–Crippen LogP) is 5.00. The zero-order valence-corrected chi connectivity index (χ0v) is 12.4. The third kappa shape index (κ3) is 5.51. The Morgan fingerprint density at radius 1 is 1.17 bits per heavy atom. The summed E-state index contributed by atoms with van der Waals surface area (Å²) in [4.78, 5) is 11.8. The molecule has 0 saturated heterocycles. The quantitative estimate of drug-likeness (QED) is 0.313. The molecule has 1 aromatic rings. The van der Waals surface area contributed by atoms with Crippen LogP contribution in [-0.2, 0) is 0 Å². The van der Waals surface area contributed by atoms with Crippen molar-refractivity contribution < 1.29 is 4.79 Å². The van der Waals surface area contributed by atoms with Crippen molar-refractivity contribution in [2.75, 3.05) is 0 Å². The van der Waals surface area contributed by atoms with Gasteiger partial charge in [-0.2, -0.15) is 0 Å². The fourth-order valence-corrected chi connectivity index (χ4v) is 2.14. The molecule has 2 heteroatoms. The van der Waals surface area contributed by atoms with Crippen LogP contribution in [0.5, 0.6) is 0 Å². The largest absolute Gasteiger partial charge is 0.279 e. The van der Waals surface area contributed by atoms with Crippen molar-refractivity contribution in [2.45, 2.75) is 45.4 Å². The number of carbonyl (C=O) groups is 1. The summed E-state index contributed by atoms with van der Waals surface area (Å²) in [6.45, 7) is 2.20. The maximum atomic E-state index is 11.8. The molecule has 0 N–H and O–H groups in total. The Morgan fingerprint density at radius 2 is 1.89 bits per heavy atom. The van der Waals surface area contributed by atoms with Gasteiger partial charge in [-0.3, -0.25) is 4.79 Å². The number of unbranched alkanes of at least 4 members (excludes halogenated alkanes) is 5. The van der Waals surface area contributed by atoms with E-state index in [-0.39, 0.29) is 5.78 Å². The molecule has 96 valence electrons. The topological polar surface area (TPSA) is 17.1 Å². The first-order chi connectivity index (χ1) is 8.75. The summed E-state index contributed by atoms with van der Waals surface area (Å²) < 4.78 is 0.812. The molecule has 1 aromatic carbocycles. The van der Waals surface area contributed by atoms with E-state index in [2.05, 4.69) is 34.7 Å². The van der Waals surface area contributed by atoms with Crippen LogP contribution in [0.2, 0.25) is 0 Å². The van der Waals surface area contributed by atoms with Gasteiger partial charge in [0.25, 0.3) is 0 Å². The standard InChI is InChI=1S/C16H19BrO/c1-2-3-4-5-6-7-8-13-16(18)14-11-9-10-12-15(14)17/h9-12H,2-7H2,1H3. The molecule has 0 radical (unpaired) electrons. The van der Waals surface area contributed by atoms with Crippen LogP contribution in [0.15, 0.2) is 28.7 Å². The monoisotopic (exact) mass is 306 g/mol. The molecule has 0 aliphatic heterocycles. The third-order valence-electron chi connectivity index (χ3n) is 2.73. The Hall–Kier alpha value is -1.07. The molecule has 0 spiro atoms. The van der Waals surface area contributed by atoms with Crippen LogP contribution in [0.25, 0.3) is 0 Å². The molecule has 0 aliphatic rings. The lowest BCUT2D eigenvalue weighted by Gasteiger charge is -1.97. The minimum Gasteiger partial charge on any atom is -0.279 e. The second-order valence-corrected chi connectivity index (χ2v) is 5.13. The Kier molecular flexibility index (Phi) is 7.44. The highest BCUT2D eigenvalue weighted by atomic mass is 79.9. The number of carbonyl (C=O) groups excluding carboxylic acids is 1. The Morgan fingerprint density at radius 3 is 2.61 bits per heavy atom. The first kappa shape index (κ1) is 15.0. The number of rotatable bonds is 6. The number of halogens is 1. The Bertz CT molecular complexity index is 440. The summed E-state index contributed by atoms with van der Waals surface area (Å²) in [7, 11) is 0. The number of benzene rings is 1. The molecule has 0 bridgehead atoms. The fourth-order valence-electron chi connectivity index (χ4n) is 1.67. The molecule has 1 nitrogen and oxygen atoms in total. The van der Waals surface area contributed by atoms with E-state index in [9.17, 15) is 4.79 Å². The molecule has 0 aromatic heterocycles. The van der Waals surface area contributed by atoms with Crippen LogP contribution >= 0.6 is 15.9 Å². The van der Waals surface area contributed by atoms with Crippen LogP contribution in [0.4, 0.5) is 0 Å². The normalized spacial score (nSPS) is 9.67. The lowest BCUT2D eigenvalue weighted by atomic mass is 10.1. The molecule has 18 heavy (non-hydrogen) atoms. The molecule has 0 fully saturated rings. The molecule has 0 unspecified atom stereocenters. The summed E-state index contributed by atoms with van der Waals surface area (Å²) in [6, 6.07) is 7.40. The maximum absolute atomic E-state index is 11.8. The van der Waals surface area contributed by atoms with Crippen LogP contribution in [0.1, 0.15) is 55.8 Å². The van der Waals surface area contributed by atoms with E-state index in [0.29, 0.717) is 5.56 Å². The smallest absolute Gasteiger partial charge is 0.237 e. The predicted molar refractivity (Wildman–Crippen MR) is 79.6 cm³/mol. The first-order valence-corrected chi connectivity index (χ1v) is 7.32. The first-order valence-electron chi connectivity index (χ1n) is 6.53. The van der Waals surface area contributed by atoms with E-state index in [1.165, 1.54) is 25.7 Å². The molecule has 0 saturated carbocycles. The SMILES string of the molecule is CCCCCCCC#CC(=O)c1ccccc1Br. The van der Waals surface area contributed by atoms with Gasteiger partial charge in [0.1, 0.15) is 0 Å². The molecule has 0 atom stereocenters. The average Bonchev–Trinajstić information content (AvgIpc) is 2.38. The van der Waals surface area contributed by atoms with Gasteiger partial charge in [-0.05, 0) is 24.5 Å². The summed E-state index contributed by atoms with van der Waals surface area (Å²) in [5.74, 6) is 5.58.